The van der Waals surface area contributed by atoms with E-state index in [1.54, 1.807) is 0 Å². The SMILES string of the molecule is CC1(C)c2ccccc2-c2cc3c(cc21)N(c1nc(-c2ccc(-c4cccc5ccccc45)cc2)c2ccccc2n1)c1ccccc1-c1ccccc1-3. The number of fused-ring (bicyclic) bond motifs is 10. The van der Waals surface area contributed by atoms with Gasteiger partial charge in [-0.3, -0.25) is 4.90 Å². The van der Waals surface area contributed by atoms with E-state index in [1.165, 1.54) is 60.8 Å². The van der Waals surface area contributed by atoms with Gasteiger partial charge in [-0.1, -0.05) is 166 Å². The third-order valence-corrected chi connectivity index (χ3v) is 11.6. The molecule has 9 aromatic rings. The molecule has 3 nitrogen and oxygen atoms in total. The second-order valence-electron chi connectivity index (χ2n) is 15.0. The highest BCUT2D eigenvalue weighted by Gasteiger charge is 2.38. The molecule has 8 aromatic carbocycles. The highest BCUT2D eigenvalue weighted by Crippen LogP contribution is 2.56. The second-order valence-corrected chi connectivity index (χ2v) is 15.0. The second kappa shape index (κ2) is 11.6. The van der Waals surface area contributed by atoms with Crippen LogP contribution in [0.25, 0.3) is 77.4 Å². The van der Waals surface area contributed by atoms with Gasteiger partial charge in [-0.2, -0.15) is 0 Å². The lowest BCUT2D eigenvalue weighted by Gasteiger charge is -2.28. The van der Waals surface area contributed by atoms with Crippen molar-refractivity contribution in [1.82, 2.24) is 9.97 Å². The van der Waals surface area contributed by atoms with Crippen LogP contribution in [0.3, 0.4) is 0 Å². The molecule has 0 amide bonds. The van der Waals surface area contributed by atoms with Crippen molar-refractivity contribution in [3.05, 3.63) is 187 Å². The van der Waals surface area contributed by atoms with Gasteiger partial charge in [0.1, 0.15) is 0 Å². The highest BCUT2D eigenvalue weighted by molar-refractivity contribution is 6.05. The maximum atomic E-state index is 5.53. The maximum absolute atomic E-state index is 5.53. The first-order valence-corrected chi connectivity index (χ1v) is 18.7. The molecule has 2 aliphatic rings. The fraction of sp³-hybridized carbons (Fsp3) is 0.0588. The number of benzene rings is 8. The number of hydrogen-bond acceptors (Lipinski definition) is 3. The maximum Gasteiger partial charge on any atom is 0.235 e. The minimum absolute atomic E-state index is 0.167. The van der Waals surface area contributed by atoms with E-state index >= 15 is 0 Å². The van der Waals surface area contributed by atoms with Gasteiger partial charge < -0.3 is 0 Å². The Morgan fingerprint density at radius 3 is 1.85 bits per heavy atom. The van der Waals surface area contributed by atoms with E-state index in [0.29, 0.717) is 5.95 Å². The molecule has 54 heavy (non-hydrogen) atoms. The van der Waals surface area contributed by atoms with Crippen LogP contribution in [0.4, 0.5) is 17.3 Å². The number of aromatic nitrogens is 2. The molecule has 1 aromatic heterocycles. The number of anilines is 3. The topological polar surface area (TPSA) is 29.0 Å². The molecule has 0 spiro atoms. The summed E-state index contributed by atoms with van der Waals surface area (Å²) in [6.45, 7) is 4.69. The normalized spacial score (nSPS) is 13.5. The Morgan fingerprint density at radius 1 is 0.407 bits per heavy atom. The average molecular weight is 690 g/mol. The summed E-state index contributed by atoms with van der Waals surface area (Å²) in [4.78, 5) is 13.2. The van der Waals surface area contributed by atoms with E-state index in [-0.39, 0.29) is 5.41 Å². The Bertz CT molecular complexity index is 2970. The molecule has 254 valence electrons. The molecule has 0 atom stereocenters. The molecule has 1 aliphatic carbocycles. The standard InChI is InChI=1S/C51H35N3/c1-51(2)44-23-10-7-19-39(44)42-30-43-38-18-6-5-17-37(38)40-20-9-12-25-47(40)54(48(43)31-45(42)51)50-52-46-24-11-8-21-41(46)49(53-50)34-28-26-33(27-29-34)36-22-13-15-32-14-3-4-16-35(32)36/h3-31H,1-2H3. The van der Waals surface area contributed by atoms with E-state index < -0.39 is 0 Å². The fourth-order valence-corrected chi connectivity index (χ4v) is 9.00. The Balaban J connectivity index is 1.15. The zero-order chi connectivity index (χ0) is 36.0. The number of hydrogen-bond donors (Lipinski definition) is 0. The van der Waals surface area contributed by atoms with Crippen molar-refractivity contribution in [1.29, 1.82) is 0 Å². The quantitative estimate of drug-likeness (QED) is 0.185. The van der Waals surface area contributed by atoms with E-state index in [9.17, 15) is 0 Å². The smallest absolute Gasteiger partial charge is 0.235 e. The van der Waals surface area contributed by atoms with Crippen LogP contribution in [0.1, 0.15) is 25.0 Å². The van der Waals surface area contributed by atoms with Crippen molar-refractivity contribution in [2.75, 3.05) is 4.90 Å². The third-order valence-electron chi connectivity index (χ3n) is 11.6. The summed E-state index contributed by atoms with van der Waals surface area (Å²) in [6.07, 6.45) is 0. The van der Waals surface area contributed by atoms with Crippen LogP contribution < -0.4 is 4.90 Å². The minimum Gasteiger partial charge on any atom is -0.278 e. The van der Waals surface area contributed by atoms with Crippen molar-refractivity contribution in [3.8, 4) is 55.8 Å². The molecule has 0 unspecified atom stereocenters. The largest absolute Gasteiger partial charge is 0.278 e. The van der Waals surface area contributed by atoms with Crippen molar-refractivity contribution in [3.63, 3.8) is 0 Å². The van der Waals surface area contributed by atoms with Gasteiger partial charge in [-0.25, -0.2) is 9.97 Å². The number of nitrogens with zero attached hydrogens (tertiary/aromatic N) is 3. The summed E-state index contributed by atoms with van der Waals surface area (Å²) in [5.41, 5.74) is 17.3. The van der Waals surface area contributed by atoms with Crippen LogP contribution in [-0.2, 0) is 5.41 Å². The molecule has 1 aliphatic heterocycles. The van der Waals surface area contributed by atoms with Crippen LogP contribution in [0, 0.1) is 0 Å². The molecule has 11 rings (SSSR count). The first kappa shape index (κ1) is 30.8. The lowest BCUT2D eigenvalue weighted by molar-refractivity contribution is 0.660. The molecule has 0 saturated heterocycles. The number of para-hydroxylation sites is 2. The van der Waals surface area contributed by atoms with Gasteiger partial charge in [0, 0.05) is 27.5 Å². The van der Waals surface area contributed by atoms with Gasteiger partial charge in [-0.05, 0) is 79.5 Å². The monoisotopic (exact) mass is 689 g/mol. The summed E-state index contributed by atoms with van der Waals surface area (Å²) >= 11 is 0. The Hall–Kier alpha value is -6.84. The molecular weight excluding hydrogens is 655 g/mol. The fourth-order valence-electron chi connectivity index (χ4n) is 9.00. The van der Waals surface area contributed by atoms with Crippen molar-refractivity contribution >= 4 is 39.0 Å². The summed E-state index contributed by atoms with van der Waals surface area (Å²) in [7, 11) is 0. The number of rotatable bonds is 3. The summed E-state index contributed by atoms with van der Waals surface area (Å²) in [6, 6.07) is 63.6. The molecular formula is C51H35N3. The van der Waals surface area contributed by atoms with Crippen LogP contribution in [0.2, 0.25) is 0 Å². The summed E-state index contributed by atoms with van der Waals surface area (Å²) in [5.74, 6) is 0.650. The predicted octanol–water partition coefficient (Wildman–Crippen LogP) is 13.5. The Labute approximate surface area is 314 Å². The Morgan fingerprint density at radius 2 is 1.02 bits per heavy atom. The third kappa shape index (κ3) is 4.48. The van der Waals surface area contributed by atoms with E-state index in [0.717, 1.165) is 39.1 Å². The van der Waals surface area contributed by atoms with Gasteiger partial charge in [0.05, 0.1) is 22.6 Å². The van der Waals surface area contributed by atoms with E-state index in [4.69, 9.17) is 9.97 Å². The van der Waals surface area contributed by atoms with Crippen LogP contribution in [0.5, 0.6) is 0 Å². The molecule has 0 N–H and O–H groups in total. The van der Waals surface area contributed by atoms with E-state index in [2.05, 4.69) is 195 Å². The first-order chi connectivity index (χ1) is 26.5. The van der Waals surface area contributed by atoms with Crippen LogP contribution >= 0.6 is 0 Å². The van der Waals surface area contributed by atoms with Gasteiger partial charge in [0.25, 0.3) is 0 Å². The van der Waals surface area contributed by atoms with Crippen molar-refractivity contribution in [2.45, 2.75) is 19.3 Å². The van der Waals surface area contributed by atoms with Gasteiger partial charge in [0.2, 0.25) is 5.95 Å². The Kier molecular flexibility index (Phi) is 6.60. The molecule has 2 heterocycles. The zero-order valence-electron chi connectivity index (χ0n) is 30.1. The minimum atomic E-state index is -0.167. The lowest BCUT2D eigenvalue weighted by Crippen LogP contribution is -2.18. The van der Waals surface area contributed by atoms with Crippen LogP contribution in [-0.4, -0.2) is 9.97 Å². The van der Waals surface area contributed by atoms with Crippen LogP contribution in [0.15, 0.2) is 176 Å². The summed E-state index contributed by atoms with van der Waals surface area (Å²) < 4.78 is 0. The highest BCUT2D eigenvalue weighted by atomic mass is 15.3. The van der Waals surface area contributed by atoms with E-state index in [1.807, 2.05) is 0 Å². The van der Waals surface area contributed by atoms with Crippen molar-refractivity contribution in [2.24, 2.45) is 0 Å². The molecule has 0 radical (unpaired) electrons. The van der Waals surface area contributed by atoms with Gasteiger partial charge in [0.15, 0.2) is 0 Å². The average Bonchev–Trinajstić information content (AvgIpc) is 3.37. The molecule has 0 saturated carbocycles. The zero-order valence-corrected chi connectivity index (χ0v) is 30.1. The lowest BCUT2D eigenvalue weighted by atomic mass is 9.81. The first-order valence-electron chi connectivity index (χ1n) is 18.7. The molecule has 3 heteroatoms. The van der Waals surface area contributed by atoms with Gasteiger partial charge >= 0.3 is 0 Å². The van der Waals surface area contributed by atoms with Gasteiger partial charge in [-0.15, -0.1) is 0 Å². The summed E-state index contributed by atoms with van der Waals surface area (Å²) in [5, 5.41) is 3.51. The molecule has 0 bridgehead atoms. The molecule has 0 fully saturated rings. The van der Waals surface area contributed by atoms with Crippen molar-refractivity contribution < 1.29 is 0 Å². The predicted molar refractivity (Wildman–Crippen MR) is 225 cm³/mol.